The molecule has 1 aliphatic rings. The number of benzene rings is 1. The molecule has 1 fully saturated rings. The third-order valence-corrected chi connectivity index (χ3v) is 3.86. The minimum Gasteiger partial charge on any atom is -0.423 e. The molecule has 0 bridgehead atoms. The van der Waals surface area contributed by atoms with Crippen LogP contribution in [0.2, 0.25) is 0 Å². The third kappa shape index (κ3) is 3.62. The van der Waals surface area contributed by atoms with Gasteiger partial charge in [0.1, 0.15) is 5.52 Å². The van der Waals surface area contributed by atoms with Crippen LogP contribution in [0.3, 0.4) is 0 Å². The van der Waals surface area contributed by atoms with Crippen LogP contribution in [0, 0.1) is 0 Å². The van der Waals surface area contributed by atoms with Crippen LogP contribution < -0.4 is 16.0 Å². The van der Waals surface area contributed by atoms with E-state index in [1.54, 1.807) is 6.07 Å². The Labute approximate surface area is 134 Å². The van der Waals surface area contributed by atoms with Crippen LogP contribution in [0.15, 0.2) is 22.6 Å². The lowest BCUT2D eigenvalue weighted by Crippen LogP contribution is -2.36. The maximum absolute atomic E-state index is 12.0. The molecule has 23 heavy (non-hydrogen) atoms. The number of ether oxygens (including phenoxy) is 1. The van der Waals surface area contributed by atoms with Gasteiger partial charge < -0.3 is 25.1 Å². The molecule has 0 aliphatic carbocycles. The van der Waals surface area contributed by atoms with Crippen molar-refractivity contribution in [2.45, 2.75) is 25.8 Å². The zero-order valence-corrected chi connectivity index (χ0v) is 13.2. The lowest BCUT2D eigenvalue weighted by Gasteiger charge is -2.24. The fourth-order valence-corrected chi connectivity index (χ4v) is 2.56. The predicted molar refractivity (Wildman–Crippen MR) is 88.6 cm³/mol. The fourth-order valence-electron chi connectivity index (χ4n) is 2.56. The summed E-state index contributed by atoms with van der Waals surface area (Å²) in [5.74, 6) is -0.181. The molecule has 1 amide bonds. The van der Waals surface area contributed by atoms with Crippen molar-refractivity contribution < 1.29 is 13.9 Å². The fraction of sp³-hybridized carbons (Fsp3) is 0.500. The summed E-state index contributed by atoms with van der Waals surface area (Å²) in [6, 6.07) is 5.53. The van der Waals surface area contributed by atoms with Crippen molar-refractivity contribution in [3.63, 3.8) is 0 Å². The number of fused-ring (bicyclic) bond motifs is 1. The number of morpholine rings is 1. The van der Waals surface area contributed by atoms with E-state index in [1.807, 2.05) is 19.1 Å². The van der Waals surface area contributed by atoms with E-state index >= 15 is 0 Å². The van der Waals surface area contributed by atoms with Gasteiger partial charge in [-0.05, 0) is 18.6 Å². The van der Waals surface area contributed by atoms with Crippen molar-refractivity contribution in [2.75, 3.05) is 36.5 Å². The van der Waals surface area contributed by atoms with Gasteiger partial charge in [-0.15, -0.1) is 0 Å². The predicted octanol–water partition coefficient (Wildman–Crippen LogP) is 1.73. The van der Waals surface area contributed by atoms with Gasteiger partial charge in [0.05, 0.1) is 19.3 Å². The molecule has 1 atom stereocenters. The molecule has 0 radical (unpaired) electrons. The van der Waals surface area contributed by atoms with Gasteiger partial charge in [0.2, 0.25) is 5.91 Å². The number of rotatable bonds is 5. The Bertz CT molecular complexity index is 679. The summed E-state index contributed by atoms with van der Waals surface area (Å²) < 4.78 is 11.1. The summed E-state index contributed by atoms with van der Waals surface area (Å²) in [4.78, 5) is 18.5. The van der Waals surface area contributed by atoms with Gasteiger partial charge in [-0.3, -0.25) is 4.79 Å². The number of aromatic nitrogens is 1. The quantitative estimate of drug-likeness (QED) is 0.872. The molecule has 1 aromatic carbocycles. The zero-order valence-electron chi connectivity index (χ0n) is 13.2. The molecule has 3 N–H and O–H groups in total. The molecule has 7 nitrogen and oxygen atoms in total. The first kappa shape index (κ1) is 15.8. The monoisotopic (exact) mass is 318 g/mol. The summed E-state index contributed by atoms with van der Waals surface area (Å²) in [5.41, 5.74) is 7.90. The number of hydrogen-bond acceptors (Lipinski definition) is 6. The van der Waals surface area contributed by atoms with Crippen LogP contribution in [0.1, 0.15) is 19.8 Å². The van der Waals surface area contributed by atoms with Gasteiger partial charge in [-0.25, -0.2) is 0 Å². The molecular formula is C16H22N4O3. The molecule has 7 heteroatoms. The minimum atomic E-state index is -0.491. The van der Waals surface area contributed by atoms with Crippen molar-refractivity contribution in [2.24, 2.45) is 5.73 Å². The number of amides is 1. The largest absolute Gasteiger partial charge is 0.423 e. The molecule has 0 spiro atoms. The standard InChI is InChI=1S/C16H22N4O3/c1-2-3-12(17)15(21)18-11-4-5-13-14(10-11)23-16(19-13)20-6-8-22-9-7-20/h4-5,10,12H,2-3,6-9,17H2,1H3,(H,18,21). The highest BCUT2D eigenvalue weighted by atomic mass is 16.5. The SMILES string of the molecule is CCCC(N)C(=O)Nc1ccc2nc(N3CCOCC3)oc2c1. The molecule has 3 rings (SSSR count). The second-order valence-corrected chi connectivity index (χ2v) is 5.66. The molecule has 1 aliphatic heterocycles. The lowest BCUT2D eigenvalue weighted by atomic mass is 10.1. The number of hydrogen-bond donors (Lipinski definition) is 2. The number of nitrogens with zero attached hydrogens (tertiary/aromatic N) is 2. The third-order valence-electron chi connectivity index (χ3n) is 3.86. The Kier molecular flexibility index (Phi) is 4.78. The van der Waals surface area contributed by atoms with Crippen molar-refractivity contribution in [3.8, 4) is 0 Å². The first-order valence-electron chi connectivity index (χ1n) is 7.97. The molecule has 0 saturated carbocycles. The Morgan fingerprint density at radius 2 is 2.22 bits per heavy atom. The summed E-state index contributed by atoms with van der Waals surface area (Å²) in [7, 11) is 0. The van der Waals surface area contributed by atoms with Gasteiger partial charge in [0.25, 0.3) is 6.01 Å². The highest BCUT2D eigenvalue weighted by molar-refractivity contribution is 5.96. The maximum atomic E-state index is 12.0. The van der Waals surface area contributed by atoms with Gasteiger partial charge in [-0.1, -0.05) is 13.3 Å². The van der Waals surface area contributed by atoms with Crippen molar-refractivity contribution in [3.05, 3.63) is 18.2 Å². The number of carbonyl (C=O) groups excluding carboxylic acids is 1. The van der Waals surface area contributed by atoms with E-state index in [0.717, 1.165) is 25.0 Å². The van der Waals surface area contributed by atoms with Crippen LogP contribution in [0.5, 0.6) is 0 Å². The number of nitrogens with one attached hydrogen (secondary N) is 1. The van der Waals surface area contributed by atoms with Crippen molar-refractivity contribution in [1.29, 1.82) is 0 Å². The van der Waals surface area contributed by atoms with E-state index in [9.17, 15) is 4.79 Å². The molecule has 1 saturated heterocycles. The Hall–Kier alpha value is -2.12. The molecule has 124 valence electrons. The maximum Gasteiger partial charge on any atom is 0.298 e. The van der Waals surface area contributed by atoms with E-state index < -0.39 is 6.04 Å². The summed E-state index contributed by atoms with van der Waals surface area (Å²) in [5, 5.41) is 2.82. The summed E-state index contributed by atoms with van der Waals surface area (Å²) in [6.45, 7) is 4.89. The molecular weight excluding hydrogens is 296 g/mol. The highest BCUT2D eigenvalue weighted by Gasteiger charge is 2.18. The first-order valence-corrected chi connectivity index (χ1v) is 7.97. The number of carbonyl (C=O) groups is 1. The van der Waals surface area contributed by atoms with Crippen LogP contribution in [0.4, 0.5) is 11.7 Å². The van der Waals surface area contributed by atoms with E-state index in [0.29, 0.717) is 36.9 Å². The van der Waals surface area contributed by atoms with Gasteiger partial charge in [0.15, 0.2) is 5.58 Å². The van der Waals surface area contributed by atoms with Crippen molar-refractivity contribution >= 4 is 28.7 Å². The first-order chi connectivity index (χ1) is 11.2. The second-order valence-electron chi connectivity index (χ2n) is 5.66. The number of oxazole rings is 1. The smallest absolute Gasteiger partial charge is 0.298 e. The molecule has 1 unspecified atom stereocenters. The van der Waals surface area contributed by atoms with Crippen LogP contribution in [-0.2, 0) is 9.53 Å². The molecule has 1 aromatic heterocycles. The van der Waals surface area contributed by atoms with Gasteiger partial charge >= 0.3 is 0 Å². The van der Waals surface area contributed by atoms with E-state index in [2.05, 4.69) is 15.2 Å². The normalized spacial score (nSPS) is 16.5. The second kappa shape index (κ2) is 6.97. The summed E-state index contributed by atoms with van der Waals surface area (Å²) >= 11 is 0. The van der Waals surface area contributed by atoms with Crippen molar-refractivity contribution in [1.82, 2.24) is 4.98 Å². The highest BCUT2D eigenvalue weighted by Crippen LogP contribution is 2.25. The Morgan fingerprint density at radius 1 is 1.43 bits per heavy atom. The zero-order chi connectivity index (χ0) is 16.2. The average Bonchev–Trinajstić information content (AvgIpc) is 2.99. The minimum absolute atomic E-state index is 0.181. The summed E-state index contributed by atoms with van der Waals surface area (Å²) in [6.07, 6.45) is 1.54. The Balaban J connectivity index is 1.75. The van der Waals surface area contributed by atoms with E-state index in [4.69, 9.17) is 14.9 Å². The van der Waals surface area contributed by atoms with Crippen LogP contribution in [-0.4, -0.2) is 43.2 Å². The van der Waals surface area contributed by atoms with E-state index in [-0.39, 0.29) is 5.91 Å². The lowest BCUT2D eigenvalue weighted by molar-refractivity contribution is -0.117. The molecule has 2 heterocycles. The van der Waals surface area contributed by atoms with Gasteiger partial charge in [-0.2, -0.15) is 4.98 Å². The average molecular weight is 318 g/mol. The van der Waals surface area contributed by atoms with E-state index in [1.165, 1.54) is 0 Å². The van der Waals surface area contributed by atoms with Gasteiger partial charge in [0, 0.05) is 24.8 Å². The van der Waals surface area contributed by atoms with Crippen LogP contribution >= 0.6 is 0 Å². The Morgan fingerprint density at radius 3 is 2.96 bits per heavy atom. The number of anilines is 2. The van der Waals surface area contributed by atoms with Crippen LogP contribution in [0.25, 0.3) is 11.1 Å². The number of nitrogens with two attached hydrogens (primary N) is 1. The topological polar surface area (TPSA) is 93.6 Å². The molecule has 2 aromatic rings.